The van der Waals surface area contributed by atoms with Crippen molar-refractivity contribution in [1.82, 2.24) is 10.6 Å². The van der Waals surface area contributed by atoms with E-state index in [2.05, 4.69) is 36.6 Å². The van der Waals surface area contributed by atoms with Crippen LogP contribution in [0.3, 0.4) is 0 Å². The highest BCUT2D eigenvalue weighted by atomic mass is 16.5. The predicted molar refractivity (Wildman–Crippen MR) is 95.0 cm³/mol. The number of hydrogen-bond acceptors (Lipinski definition) is 4. The molecule has 4 nitrogen and oxygen atoms in total. The summed E-state index contributed by atoms with van der Waals surface area (Å²) in [5, 5.41) is 7.12. The van der Waals surface area contributed by atoms with Crippen LogP contribution in [-0.2, 0) is 11.3 Å². The molecule has 0 aliphatic carbocycles. The number of ether oxygens (including phenoxy) is 2. The van der Waals surface area contributed by atoms with Gasteiger partial charge in [-0.3, -0.25) is 0 Å². The Balaban J connectivity index is 1.60. The molecule has 1 saturated heterocycles. The van der Waals surface area contributed by atoms with Crippen LogP contribution in [0.1, 0.15) is 46.1 Å². The average Bonchev–Trinajstić information content (AvgIpc) is 2.47. The lowest BCUT2D eigenvalue weighted by Gasteiger charge is -2.36. The van der Waals surface area contributed by atoms with Gasteiger partial charge < -0.3 is 20.1 Å². The molecule has 1 aromatic rings. The second-order valence-electron chi connectivity index (χ2n) is 7.24. The largest absolute Gasteiger partial charge is 0.491 e. The standard InChI is InChI=1S/C19H32N2O2/c1-15(2)23-18-7-5-16(6-8-18)14-20-10-11-21-17-9-12-22-19(3,4)13-17/h5-8,15,17,20-21H,9-14H2,1-4H3. The maximum absolute atomic E-state index is 5.75. The molecule has 2 N–H and O–H groups in total. The molecule has 0 bridgehead atoms. The second kappa shape index (κ2) is 8.67. The third kappa shape index (κ3) is 6.90. The minimum atomic E-state index is 0.0170. The smallest absolute Gasteiger partial charge is 0.119 e. The van der Waals surface area contributed by atoms with E-state index in [0.29, 0.717) is 6.04 Å². The summed E-state index contributed by atoms with van der Waals surface area (Å²) in [5.74, 6) is 0.938. The lowest BCUT2D eigenvalue weighted by Crippen LogP contribution is -2.45. The van der Waals surface area contributed by atoms with Gasteiger partial charge >= 0.3 is 0 Å². The molecule has 2 rings (SSSR count). The van der Waals surface area contributed by atoms with Crippen LogP contribution in [0.4, 0.5) is 0 Å². The lowest BCUT2D eigenvalue weighted by atomic mass is 9.94. The third-order valence-electron chi connectivity index (χ3n) is 4.06. The van der Waals surface area contributed by atoms with Crippen LogP contribution >= 0.6 is 0 Å². The van der Waals surface area contributed by atoms with Crippen LogP contribution in [0.5, 0.6) is 5.75 Å². The Kier molecular flexibility index (Phi) is 6.88. The average molecular weight is 320 g/mol. The van der Waals surface area contributed by atoms with Crippen LogP contribution in [0.2, 0.25) is 0 Å². The van der Waals surface area contributed by atoms with E-state index in [9.17, 15) is 0 Å². The molecule has 1 unspecified atom stereocenters. The number of nitrogens with one attached hydrogen (secondary N) is 2. The zero-order chi connectivity index (χ0) is 16.7. The van der Waals surface area contributed by atoms with Gasteiger partial charge in [0.25, 0.3) is 0 Å². The summed E-state index contributed by atoms with van der Waals surface area (Å²) < 4.78 is 11.4. The summed E-state index contributed by atoms with van der Waals surface area (Å²) in [7, 11) is 0. The molecule has 4 heteroatoms. The van der Waals surface area contributed by atoms with E-state index in [0.717, 1.165) is 44.8 Å². The fraction of sp³-hybridized carbons (Fsp3) is 0.684. The summed E-state index contributed by atoms with van der Waals surface area (Å²) in [6.45, 7) is 12.2. The van der Waals surface area contributed by atoms with Gasteiger partial charge in [0.2, 0.25) is 0 Å². The maximum Gasteiger partial charge on any atom is 0.119 e. The first kappa shape index (κ1) is 18.2. The summed E-state index contributed by atoms with van der Waals surface area (Å²) >= 11 is 0. The lowest BCUT2D eigenvalue weighted by molar-refractivity contribution is -0.0627. The van der Waals surface area contributed by atoms with Crippen LogP contribution in [0.25, 0.3) is 0 Å². The van der Waals surface area contributed by atoms with Gasteiger partial charge in [0.15, 0.2) is 0 Å². The first-order chi connectivity index (χ1) is 10.9. The van der Waals surface area contributed by atoms with Crippen molar-refractivity contribution in [3.05, 3.63) is 29.8 Å². The molecule has 0 aromatic heterocycles. The third-order valence-corrected chi connectivity index (χ3v) is 4.06. The van der Waals surface area contributed by atoms with Crippen molar-refractivity contribution in [3.63, 3.8) is 0 Å². The molecular weight excluding hydrogens is 288 g/mol. The van der Waals surface area contributed by atoms with Crippen molar-refractivity contribution in [1.29, 1.82) is 0 Å². The Bertz CT molecular complexity index is 457. The monoisotopic (exact) mass is 320 g/mol. The Morgan fingerprint density at radius 3 is 2.61 bits per heavy atom. The Morgan fingerprint density at radius 1 is 1.22 bits per heavy atom. The molecule has 0 radical (unpaired) electrons. The summed E-state index contributed by atoms with van der Waals surface area (Å²) in [6.07, 6.45) is 2.42. The molecule has 0 saturated carbocycles. The van der Waals surface area contributed by atoms with E-state index in [-0.39, 0.29) is 11.7 Å². The van der Waals surface area contributed by atoms with Gasteiger partial charge in [-0.2, -0.15) is 0 Å². The van der Waals surface area contributed by atoms with Gasteiger partial charge in [-0.25, -0.2) is 0 Å². The molecule has 1 aromatic carbocycles. The summed E-state index contributed by atoms with van der Waals surface area (Å²) in [5.41, 5.74) is 1.30. The van der Waals surface area contributed by atoms with E-state index in [1.165, 1.54) is 5.56 Å². The molecule has 1 aliphatic rings. The molecule has 1 aliphatic heterocycles. The van der Waals surface area contributed by atoms with Gasteiger partial charge in [-0.15, -0.1) is 0 Å². The van der Waals surface area contributed by atoms with E-state index < -0.39 is 0 Å². The molecule has 23 heavy (non-hydrogen) atoms. The van der Waals surface area contributed by atoms with E-state index >= 15 is 0 Å². The zero-order valence-electron chi connectivity index (χ0n) is 15.0. The van der Waals surface area contributed by atoms with Gasteiger partial charge in [-0.1, -0.05) is 12.1 Å². The topological polar surface area (TPSA) is 42.5 Å². The Labute approximate surface area is 140 Å². The number of benzene rings is 1. The maximum atomic E-state index is 5.75. The van der Waals surface area contributed by atoms with Crippen molar-refractivity contribution in [2.45, 2.75) is 64.8 Å². The highest BCUT2D eigenvalue weighted by molar-refractivity contribution is 5.27. The van der Waals surface area contributed by atoms with Crippen molar-refractivity contribution in [3.8, 4) is 5.75 Å². The Morgan fingerprint density at radius 2 is 1.96 bits per heavy atom. The SMILES string of the molecule is CC(C)Oc1ccc(CNCCNC2CCOC(C)(C)C2)cc1. The van der Waals surface area contributed by atoms with Crippen molar-refractivity contribution in [2.75, 3.05) is 19.7 Å². The fourth-order valence-corrected chi connectivity index (χ4v) is 2.96. The van der Waals surface area contributed by atoms with Gasteiger partial charge in [0.05, 0.1) is 11.7 Å². The normalized spacial score (nSPS) is 20.7. The van der Waals surface area contributed by atoms with Crippen LogP contribution < -0.4 is 15.4 Å². The van der Waals surface area contributed by atoms with Crippen molar-refractivity contribution >= 4 is 0 Å². The van der Waals surface area contributed by atoms with Crippen LogP contribution in [0.15, 0.2) is 24.3 Å². The fourth-order valence-electron chi connectivity index (χ4n) is 2.96. The molecule has 130 valence electrons. The quantitative estimate of drug-likeness (QED) is 0.722. The summed E-state index contributed by atoms with van der Waals surface area (Å²) in [6, 6.07) is 8.91. The van der Waals surface area contributed by atoms with Crippen molar-refractivity contribution in [2.24, 2.45) is 0 Å². The molecule has 1 heterocycles. The molecule has 1 atom stereocenters. The Hall–Kier alpha value is -1.10. The number of rotatable bonds is 8. The van der Waals surface area contributed by atoms with Crippen LogP contribution in [0, 0.1) is 0 Å². The van der Waals surface area contributed by atoms with E-state index in [1.54, 1.807) is 0 Å². The van der Waals surface area contributed by atoms with Crippen LogP contribution in [-0.4, -0.2) is 37.4 Å². The molecule has 0 amide bonds. The zero-order valence-corrected chi connectivity index (χ0v) is 15.0. The van der Waals surface area contributed by atoms with Gasteiger partial charge in [-0.05, 0) is 58.2 Å². The number of hydrogen-bond donors (Lipinski definition) is 2. The van der Waals surface area contributed by atoms with E-state index in [4.69, 9.17) is 9.47 Å². The molecule has 0 spiro atoms. The molecule has 1 fully saturated rings. The first-order valence-electron chi connectivity index (χ1n) is 8.78. The van der Waals surface area contributed by atoms with E-state index in [1.807, 2.05) is 26.0 Å². The minimum absolute atomic E-state index is 0.0170. The molecular formula is C19H32N2O2. The first-order valence-corrected chi connectivity index (χ1v) is 8.78. The summed E-state index contributed by atoms with van der Waals surface area (Å²) in [4.78, 5) is 0. The predicted octanol–water partition coefficient (Wildman–Crippen LogP) is 3.11. The van der Waals surface area contributed by atoms with Gasteiger partial charge in [0.1, 0.15) is 5.75 Å². The minimum Gasteiger partial charge on any atom is -0.491 e. The highest BCUT2D eigenvalue weighted by Gasteiger charge is 2.28. The van der Waals surface area contributed by atoms with Gasteiger partial charge in [0, 0.05) is 32.3 Å². The highest BCUT2D eigenvalue weighted by Crippen LogP contribution is 2.23. The van der Waals surface area contributed by atoms with Crippen molar-refractivity contribution < 1.29 is 9.47 Å². The second-order valence-corrected chi connectivity index (χ2v) is 7.24.